The van der Waals surface area contributed by atoms with Gasteiger partial charge in [-0.2, -0.15) is 5.10 Å². The van der Waals surface area contributed by atoms with Gasteiger partial charge in [0.25, 0.3) is 0 Å². The van der Waals surface area contributed by atoms with Crippen molar-refractivity contribution < 1.29 is 9.90 Å². The van der Waals surface area contributed by atoms with Crippen LogP contribution >= 0.6 is 0 Å². The van der Waals surface area contributed by atoms with Crippen LogP contribution in [0.25, 0.3) is 0 Å². The molecule has 0 fully saturated rings. The van der Waals surface area contributed by atoms with Crippen LogP contribution in [0.3, 0.4) is 0 Å². The normalized spacial score (nSPS) is 20.5. The fourth-order valence-electron chi connectivity index (χ4n) is 1.87. The summed E-state index contributed by atoms with van der Waals surface area (Å²) in [6, 6.07) is -0.0788. The number of nitrogens with one attached hydrogen (secondary N) is 1. The number of fused-ring (bicyclic) bond motifs is 1. The summed E-state index contributed by atoms with van der Waals surface area (Å²) in [5.41, 5.74) is 2.05. The van der Waals surface area contributed by atoms with Crippen molar-refractivity contribution in [1.82, 2.24) is 15.1 Å². The molecule has 1 unspecified atom stereocenters. The van der Waals surface area contributed by atoms with Gasteiger partial charge in [-0.25, -0.2) is 0 Å². The van der Waals surface area contributed by atoms with Crippen molar-refractivity contribution in [1.29, 1.82) is 0 Å². The molecule has 1 aliphatic heterocycles. The van der Waals surface area contributed by atoms with Gasteiger partial charge in [0, 0.05) is 37.8 Å². The lowest BCUT2D eigenvalue weighted by Gasteiger charge is -2.21. The lowest BCUT2D eigenvalue weighted by molar-refractivity contribution is -0.137. The van der Waals surface area contributed by atoms with E-state index in [0.29, 0.717) is 0 Å². The molecule has 5 heteroatoms. The van der Waals surface area contributed by atoms with Gasteiger partial charge in [-0.3, -0.25) is 9.48 Å². The van der Waals surface area contributed by atoms with Crippen molar-refractivity contribution in [2.45, 2.75) is 18.9 Å². The monoisotopic (exact) mass is 195 g/mol. The average Bonchev–Trinajstić information content (AvgIpc) is 2.45. The van der Waals surface area contributed by atoms with Gasteiger partial charge in [0.1, 0.15) is 0 Å². The average molecular weight is 195 g/mol. The summed E-state index contributed by atoms with van der Waals surface area (Å²) in [6.07, 6.45) is 2.90. The van der Waals surface area contributed by atoms with Crippen molar-refractivity contribution >= 4 is 5.97 Å². The maximum absolute atomic E-state index is 10.6. The van der Waals surface area contributed by atoms with Crippen molar-refractivity contribution in [2.75, 3.05) is 6.54 Å². The molecular formula is C9H13N3O2. The smallest absolute Gasteiger partial charge is 0.305 e. The summed E-state index contributed by atoms with van der Waals surface area (Å²) >= 11 is 0. The number of aromatic nitrogens is 2. The molecule has 1 aliphatic rings. The van der Waals surface area contributed by atoms with Gasteiger partial charge in [-0.15, -0.1) is 0 Å². The zero-order chi connectivity index (χ0) is 10.1. The number of aliphatic carboxylic acids is 1. The van der Waals surface area contributed by atoms with Crippen LogP contribution in [0.4, 0.5) is 0 Å². The highest BCUT2D eigenvalue weighted by atomic mass is 16.4. The van der Waals surface area contributed by atoms with Crippen LogP contribution in [-0.4, -0.2) is 27.4 Å². The Labute approximate surface area is 81.7 Å². The molecule has 0 radical (unpaired) electrons. The Morgan fingerprint density at radius 1 is 1.86 bits per heavy atom. The first-order valence-corrected chi connectivity index (χ1v) is 4.64. The third kappa shape index (κ3) is 1.63. The topological polar surface area (TPSA) is 67.2 Å². The fourth-order valence-corrected chi connectivity index (χ4v) is 1.87. The highest BCUT2D eigenvalue weighted by Crippen LogP contribution is 2.23. The zero-order valence-corrected chi connectivity index (χ0v) is 8.03. The summed E-state index contributed by atoms with van der Waals surface area (Å²) in [5, 5.41) is 16.2. The highest BCUT2D eigenvalue weighted by molar-refractivity contribution is 5.68. The first-order chi connectivity index (χ1) is 6.66. The van der Waals surface area contributed by atoms with Gasteiger partial charge in [0.05, 0.1) is 12.1 Å². The Morgan fingerprint density at radius 3 is 3.36 bits per heavy atom. The molecule has 0 amide bonds. The molecule has 0 saturated carbocycles. The van der Waals surface area contributed by atoms with E-state index in [2.05, 4.69) is 10.4 Å². The molecule has 1 atom stereocenters. The second-order valence-electron chi connectivity index (χ2n) is 3.56. The summed E-state index contributed by atoms with van der Waals surface area (Å²) in [6.45, 7) is 0.808. The number of hydrogen-bond acceptors (Lipinski definition) is 3. The molecule has 0 saturated heterocycles. The van der Waals surface area contributed by atoms with E-state index < -0.39 is 5.97 Å². The number of carboxylic acids is 1. The van der Waals surface area contributed by atoms with E-state index in [0.717, 1.165) is 24.2 Å². The molecule has 2 N–H and O–H groups in total. The number of nitrogens with zero attached hydrogens (tertiary/aromatic N) is 2. The van der Waals surface area contributed by atoms with Crippen LogP contribution in [0.1, 0.15) is 23.7 Å². The van der Waals surface area contributed by atoms with E-state index in [-0.39, 0.29) is 12.5 Å². The minimum Gasteiger partial charge on any atom is -0.481 e. The van der Waals surface area contributed by atoms with Gasteiger partial charge in [-0.1, -0.05) is 0 Å². The van der Waals surface area contributed by atoms with Crippen LogP contribution in [0.5, 0.6) is 0 Å². The van der Waals surface area contributed by atoms with Gasteiger partial charge in [-0.05, 0) is 0 Å². The molecular weight excluding hydrogens is 182 g/mol. The molecule has 0 spiro atoms. The van der Waals surface area contributed by atoms with Crippen molar-refractivity contribution in [3.8, 4) is 0 Å². The van der Waals surface area contributed by atoms with Crippen LogP contribution in [0, 0.1) is 0 Å². The quantitative estimate of drug-likeness (QED) is 0.701. The van der Waals surface area contributed by atoms with Crippen molar-refractivity contribution in [3.63, 3.8) is 0 Å². The Kier molecular flexibility index (Phi) is 2.25. The third-order valence-electron chi connectivity index (χ3n) is 2.44. The van der Waals surface area contributed by atoms with E-state index in [1.165, 1.54) is 0 Å². The minimum atomic E-state index is -0.779. The summed E-state index contributed by atoms with van der Waals surface area (Å²) in [7, 11) is 1.86. The van der Waals surface area contributed by atoms with E-state index in [1.54, 1.807) is 4.68 Å². The Bertz CT molecular complexity index is 359. The second kappa shape index (κ2) is 3.42. The third-order valence-corrected chi connectivity index (χ3v) is 2.44. The van der Waals surface area contributed by atoms with Gasteiger partial charge in [0.15, 0.2) is 0 Å². The highest BCUT2D eigenvalue weighted by Gasteiger charge is 2.24. The number of aryl methyl sites for hydroxylation is 1. The zero-order valence-electron chi connectivity index (χ0n) is 8.03. The van der Waals surface area contributed by atoms with Crippen LogP contribution in [0.15, 0.2) is 6.20 Å². The number of rotatable bonds is 2. The molecule has 2 rings (SSSR count). The number of carboxylic acid groups (broad SMARTS) is 1. The maximum Gasteiger partial charge on any atom is 0.305 e. The van der Waals surface area contributed by atoms with Crippen molar-refractivity contribution in [3.05, 3.63) is 17.5 Å². The van der Waals surface area contributed by atoms with Crippen LogP contribution in [0.2, 0.25) is 0 Å². The maximum atomic E-state index is 10.6. The first-order valence-electron chi connectivity index (χ1n) is 4.64. The number of hydrogen-bond donors (Lipinski definition) is 2. The molecule has 0 aliphatic carbocycles. The molecule has 76 valence electrons. The lowest BCUT2D eigenvalue weighted by atomic mass is 9.99. The molecule has 0 aromatic carbocycles. The summed E-state index contributed by atoms with van der Waals surface area (Å²) in [5.74, 6) is -0.779. The van der Waals surface area contributed by atoms with Crippen molar-refractivity contribution in [2.24, 2.45) is 7.05 Å². The summed E-state index contributed by atoms with van der Waals surface area (Å²) in [4.78, 5) is 10.6. The van der Waals surface area contributed by atoms with Gasteiger partial charge < -0.3 is 10.4 Å². The molecule has 0 bridgehead atoms. The lowest BCUT2D eigenvalue weighted by Crippen LogP contribution is -2.30. The Hall–Kier alpha value is -1.36. The summed E-state index contributed by atoms with van der Waals surface area (Å²) < 4.78 is 1.74. The second-order valence-corrected chi connectivity index (χ2v) is 3.56. The van der Waals surface area contributed by atoms with E-state index >= 15 is 0 Å². The Morgan fingerprint density at radius 2 is 2.64 bits per heavy atom. The fraction of sp³-hybridized carbons (Fsp3) is 0.556. The molecule has 1 aromatic rings. The van der Waals surface area contributed by atoms with E-state index in [4.69, 9.17) is 5.11 Å². The molecule has 14 heavy (non-hydrogen) atoms. The standard InChI is InChI=1S/C9H13N3O2/c1-12-5-6-7(11-12)2-3-10-8(6)4-9(13)14/h5,8,10H,2-4H2,1H3,(H,13,14). The van der Waals surface area contributed by atoms with E-state index in [1.807, 2.05) is 13.2 Å². The largest absolute Gasteiger partial charge is 0.481 e. The predicted molar refractivity (Wildman–Crippen MR) is 49.9 cm³/mol. The van der Waals surface area contributed by atoms with Gasteiger partial charge >= 0.3 is 5.97 Å². The molecule has 5 nitrogen and oxygen atoms in total. The minimum absolute atomic E-state index is 0.0788. The van der Waals surface area contributed by atoms with Crippen LogP contribution in [-0.2, 0) is 18.3 Å². The van der Waals surface area contributed by atoms with E-state index in [9.17, 15) is 4.79 Å². The SMILES string of the molecule is Cn1cc2c(n1)CCNC2CC(=O)O. The molecule has 2 heterocycles. The van der Waals surface area contributed by atoms with Gasteiger partial charge in [0.2, 0.25) is 0 Å². The van der Waals surface area contributed by atoms with Crippen LogP contribution < -0.4 is 5.32 Å². The molecule has 1 aromatic heterocycles. The number of carbonyl (C=O) groups is 1. The predicted octanol–water partition coefficient (Wildman–Crippen LogP) is 0.0816. The first kappa shape index (κ1) is 9.21. The Balaban J connectivity index is 2.25.